The van der Waals surface area contributed by atoms with Crippen LogP contribution in [0.15, 0.2) is 60.9 Å². The minimum absolute atomic E-state index is 0.0499. The first-order chi connectivity index (χ1) is 17.1. The lowest BCUT2D eigenvalue weighted by Crippen LogP contribution is -2.23. The lowest BCUT2D eigenvalue weighted by atomic mass is 9.95. The number of benzene rings is 3. The summed E-state index contributed by atoms with van der Waals surface area (Å²) in [6, 6.07) is 17.6. The van der Waals surface area contributed by atoms with E-state index in [0.29, 0.717) is 29.5 Å². The predicted octanol–water partition coefficient (Wildman–Crippen LogP) is 5.23. The second-order valence-electron chi connectivity index (χ2n) is 9.24. The van der Waals surface area contributed by atoms with E-state index >= 15 is 0 Å². The summed E-state index contributed by atoms with van der Waals surface area (Å²) in [7, 11) is 1.89. The Morgan fingerprint density at radius 2 is 1.91 bits per heavy atom. The molecule has 7 nitrogen and oxygen atoms in total. The SMILES string of the molecule is [C-]#[N+]c1ccc(-c2cc(C3CC3)cc(N3Cc4ccc(CO)cc4C3=O)c2)c(-c2nncn2C)c1. The summed E-state index contributed by atoms with van der Waals surface area (Å²) in [5.41, 5.74) is 7.73. The van der Waals surface area contributed by atoms with Crippen molar-refractivity contribution >= 4 is 17.3 Å². The van der Waals surface area contributed by atoms with Crippen LogP contribution in [-0.2, 0) is 20.2 Å². The maximum atomic E-state index is 13.4. The Morgan fingerprint density at radius 3 is 2.63 bits per heavy atom. The fraction of sp³-hybridized carbons (Fsp3) is 0.214. The van der Waals surface area contributed by atoms with Gasteiger partial charge in [0.2, 0.25) is 0 Å². The Kier molecular flexibility index (Phi) is 4.97. The van der Waals surface area contributed by atoms with Gasteiger partial charge in [-0.05, 0) is 70.8 Å². The number of aliphatic hydroxyl groups excluding tert-OH is 1. The molecule has 1 N–H and O–H groups in total. The number of hydrogen-bond donors (Lipinski definition) is 1. The van der Waals surface area contributed by atoms with Crippen LogP contribution in [0.1, 0.15) is 45.8 Å². The van der Waals surface area contributed by atoms with Crippen LogP contribution < -0.4 is 4.90 Å². The van der Waals surface area contributed by atoms with Crippen molar-refractivity contribution in [3.05, 3.63) is 94.6 Å². The summed E-state index contributed by atoms with van der Waals surface area (Å²) in [5, 5.41) is 17.8. The molecule has 1 aromatic heterocycles. The number of carbonyl (C=O) groups is 1. The second-order valence-corrected chi connectivity index (χ2v) is 9.24. The van der Waals surface area contributed by atoms with Gasteiger partial charge in [-0.1, -0.05) is 30.3 Å². The average Bonchev–Trinajstić information content (AvgIpc) is 3.58. The van der Waals surface area contributed by atoms with Gasteiger partial charge >= 0.3 is 0 Å². The van der Waals surface area contributed by atoms with Gasteiger partial charge in [0.25, 0.3) is 5.91 Å². The number of aromatic nitrogens is 3. The van der Waals surface area contributed by atoms with E-state index < -0.39 is 0 Å². The van der Waals surface area contributed by atoms with Crippen LogP contribution in [0.4, 0.5) is 11.4 Å². The Bertz CT molecular complexity index is 1530. The van der Waals surface area contributed by atoms with Crippen molar-refractivity contribution in [1.82, 2.24) is 14.8 Å². The first-order valence-electron chi connectivity index (χ1n) is 11.6. The maximum Gasteiger partial charge on any atom is 0.258 e. The number of carbonyl (C=O) groups excluding carboxylic acids is 1. The molecule has 0 radical (unpaired) electrons. The van der Waals surface area contributed by atoms with E-state index in [0.717, 1.165) is 46.3 Å². The van der Waals surface area contributed by atoms with Gasteiger partial charge in [0.1, 0.15) is 6.33 Å². The average molecular weight is 462 g/mol. The Balaban J connectivity index is 1.49. The Labute approximate surface area is 203 Å². The number of aryl methyl sites for hydroxylation is 1. The van der Waals surface area contributed by atoms with Gasteiger partial charge in [0.05, 0.1) is 19.7 Å². The van der Waals surface area contributed by atoms with Crippen molar-refractivity contribution in [3.63, 3.8) is 0 Å². The molecule has 1 fully saturated rings. The number of hydrogen-bond acceptors (Lipinski definition) is 4. The number of aliphatic hydroxyl groups is 1. The zero-order valence-electron chi connectivity index (χ0n) is 19.3. The molecule has 4 aromatic rings. The van der Waals surface area contributed by atoms with Gasteiger partial charge in [-0.2, -0.15) is 0 Å². The van der Waals surface area contributed by atoms with E-state index in [1.54, 1.807) is 12.4 Å². The Morgan fingerprint density at radius 1 is 1.06 bits per heavy atom. The number of fused-ring (bicyclic) bond motifs is 1. The van der Waals surface area contributed by atoms with Crippen LogP contribution in [-0.4, -0.2) is 25.8 Å². The van der Waals surface area contributed by atoms with Gasteiger partial charge in [0, 0.05) is 23.9 Å². The van der Waals surface area contributed by atoms with E-state index in [1.807, 2.05) is 46.8 Å². The highest BCUT2D eigenvalue weighted by atomic mass is 16.3. The van der Waals surface area contributed by atoms with Crippen molar-refractivity contribution in [2.24, 2.45) is 7.05 Å². The molecule has 0 saturated heterocycles. The van der Waals surface area contributed by atoms with Crippen molar-refractivity contribution < 1.29 is 9.90 Å². The van der Waals surface area contributed by atoms with Crippen molar-refractivity contribution in [1.29, 1.82) is 0 Å². The fourth-order valence-electron chi connectivity index (χ4n) is 4.82. The van der Waals surface area contributed by atoms with Crippen LogP contribution in [0, 0.1) is 6.57 Å². The van der Waals surface area contributed by atoms with Gasteiger partial charge in [-0.15, -0.1) is 10.2 Å². The third kappa shape index (κ3) is 3.69. The minimum atomic E-state index is -0.0900. The van der Waals surface area contributed by atoms with E-state index in [4.69, 9.17) is 6.57 Å². The third-order valence-corrected chi connectivity index (χ3v) is 6.86. The van der Waals surface area contributed by atoms with E-state index in [2.05, 4.69) is 33.2 Å². The Hall–Kier alpha value is -4.28. The molecule has 0 unspecified atom stereocenters. The summed E-state index contributed by atoms with van der Waals surface area (Å²) < 4.78 is 1.84. The minimum Gasteiger partial charge on any atom is -0.392 e. The van der Waals surface area contributed by atoms with E-state index in [-0.39, 0.29) is 12.5 Å². The quantitative estimate of drug-likeness (QED) is 0.413. The lowest BCUT2D eigenvalue weighted by molar-refractivity contribution is 0.0996. The predicted molar refractivity (Wildman–Crippen MR) is 133 cm³/mol. The molecule has 2 aliphatic rings. The summed E-state index contributed by atoms with van der Waals surface area (Å²) in [5.74, 6) is 1.13. The summed E-state index contributed by atoms with van der Waals surface area (Å²) >= 11 is 0. The number of amides is 1. The largest absolute Gasteiger partial charge is 0.392 e. The highest BCUT2D eigenvalue weighted by Gasteiger charge is 2.31. The van der Waals surface area contributed by atoms with Gasteiger partial charge in [-0.3, -0.25) is 4.79 Å². The summed E-state index contributed by atoms with van der Waals surface area (Å²) in [6.07, 6.45) is 3.93. The van der Waals surface area contributed by atoms with Crippen molar-refractivity contribution in [2.75, 3.05) is 4.90 Å². The first kappa shape index (κ1) is 21.3. The number of nitrogens with zero attached hydrogens (tertiary/aromatic N) is 5. The molecule has 6 rings (SSSR count). The standard InChI is InChI=1S/C28H23N5O2/c1-29-22-7-8-24(26(13-22)27-31-30-16-32(27)2)21-10-20(18-5-6-18)11-23(12-21)33-14-19-4-3-17(15-34)9-25(19)28(33)35/h3-4,7-13,16,18,34H,5-6,14-15H2,2H3. The van der Waals surface area contributed by atoms with Crippen LogP contribution in [0.3, 0.4) is 0 Å². The third-order valence-electron chi connectivity index (χ3n) is 6.86. The molecule has 1 saturated carbocycles. The highest BCUT2D eigenvalue weighted by Crippen LogP contribution is 2.45. The molecular weight excluding hydrogens is 438 g/mol. The maximum absolute atomic E-state index is 13.4. The summed E-state index contributed by atoms with van der Waals surface area (Å²) in [4.78, 5) is 18.8. The monoisotopic (exact) mass is 461 g/mol. The molecule has 172 valence electrons. The van der Waals surface area contributed by atoms with Gasteiger partial charge in [0.15, 0.2) is 11.5 Å². The number of anilines is 1. The lowest BCUT2D eigenvalue weighted by Gasteiger charge is -2.20. The molecule has 0 bridgehead atoms. The van der Waals surface area contributed by atoms with Gasteiger partial charge in [-0.25, -0.2) is 4.85 Å². The molecule has 1 aliphatic carbocycles. The normalized spacial score (nSPS) is 14.8. The second kappa shape index (κ2) is 8.19. The van der Waals surface area contributed by atoms with Crippen LogP contribution >= 0.6 is 0 Å². The van der Waals surface area contributed by atoms with Crippen molar-refractivity contribution in [2.45, 2.75) is 31.9 Å². The van der Waals surface area contributed by atoms with E-state index in [9.17, 15) is 9.90 Å². The zero-order chi connectivity index (χ0) is 24.1. The topological polar surface area (TPSA) is 75.6 Å². The molecule has 0 spiro atoms. The molecule has 7 heteroatoms. The van der Waals surface area contributed by atoms with Crippen molar-refractivity contribution in [3.8, 4) is 22.5 Å². The highest BCUT2D eigenvalue weighted by molar-refractivity contribution is 6.10. The van der Waals surface area contributed by atoms with Crippen LogP contribution in [0.2, 0.25) is 0 Å². The number of rotatable bonds is 5. The van der Waals surface area contributed by atoms with Crippen LogP contribution in [0.25, 0.3) is 27.4 Å². The molecule has 3 aromatic carbocycles. The molecule has 0 atom stereocenters. The molecule has 1 aliphatic heterocycles. The molecule has 35 heavy (non-hydrogen) atoms. The fourth-order valence-corrected chi connectivity index (χ4v) is 4.82. The molecular formula is C28H23N5O2. The summed E-state index contributed by atoms with van der Waals surface area (Å²) in [6.45, 7) is 7.89. The zero-order valence-corrected chi connectivity index (χ0v) is 19.3. The first-order valence-corrected chi connectivity index (χ1v) is 11.6. The van der Waals surface area contributed by atoms with Crippen LogP contribution in [0.5, 0.6) is 0 Å². The molecule has 1 amide bonds. The molecule has 2 heterocycles. The van der Waals surface area contributed by atoms with Gasteiger partial charge < -0.3 is 14.6 Å². The smallest absolute Gasteiger partial charge is 0.258 e. The van der Waals surface area contributed by atoms with E-state index in [1.165, 1.54) is 5.56 Å².